The number of anilines is 2. The summed E-state index contributed by atoms with van der Waals surface area (Å²) in [6.45, 7) is 4.59. The van der Waals surface area contributed by atoms with E-state index in [9.17, 15) is 0 Å². The quantitative estimate of drug-likeness (QED) is 0.862. The molecule has 0 bridgehead atoms. The molecule has 5 heteroatoms. The first-order valence-corrected chi connectivity index (χ1v) is 6.45. The Balaban J connectivity index is 2.20. The minimum absolute atomic E-state index is 0.267. The number of nitrogens with two attached hydrogens (primary N) is 1. The lowest BCUT2D eigenvalue weighted by atomic mass is 9.73. The van der Waals surface area contributed by atoms with Gasteiger partial charge in [-0.3, -0.25) is 0 Å². The SMILES string of the molecule is COc1c(N)ncnc1NC1CCCCC1(C)C. The van der Waals surface area contributed by atoms with Crippen LogP contribution in [0.1, 0.15) is 39.5 Å². The van der Waals surface area contributed by atoms with Crippen LogP contribution in [-0.2, 0) is 0 Å². The summed E-state index contributed by atoms with van der Waals surface area (Å²) in [4.78, 5) is 8.18. The largest absolute Gasteiger partial charge is 0.490 e. The zero-order chi connectivity index (χ0) is 13.2. The highest BCUT2D eigenvalue weighted by Gasteiger charge is 2.33. The van der Waals surface area contributed by atoms with Crippen LogP contribution >= 0.6 is 0 Å². The summed E-state index contributed by atoms with van der Waals surface area (Å²) in [6, 6.07) is 0.398. The lowest BCUT2D eigenvalue weighted by molar-refractivity contribution is 0.216. The fourth-order valence-electron chi connectivity index (χ4n) is 2.62. The maximum absolute atomic E-state index is 5.79. The molecule has 18 heavy (non-hydrogen) atoms. The van der Waals surface area contributed by atoms with Gasteiger partial charge in [0.05, 0.1) is 7.11 Å². The van der Waals surface area contributed by atoms with Gasteiger partial charge in [-0.05, 0) is 18.3 Å². The summed E-state index contributed by atoms with van der Waals surface area (Å²) in [5.41, 5.74) is 6.06. The third-order valence-corrected chi connectivity index (χ3v) is 3.85. The molecule has 1 aromatic heterocycles. The van der Waals surface area contributed by atoms with Gasteiger partial charge >= 0.3 is 0 Å². The number of nitrogen functional groups attached to an aromatic ring is 1. The molecule has 0 aliphatic heterocycles. The molecule has 1 heterocycles. The lowest BCUT2D eigenvalue weighted by Crippen LogP contribution is -2.39. The smallest absolute Gasteiger partial charge is 0.203 e. The van der Waals surface area contributed by atoms with E-state index in [4.69, 9.17) is 10.5 Å². The van der Waals surface area contributed by atoms with Gasteiger partial charge in [0.15, 0.2) is 11.6 Å². The van der Waals surface area contributed by atoms with Gasteiger partial charge in [0.2, 0.25) is 5.75 Å². The molecule has 1 atom stereocenters. The molecule has 0 saturated heterocycles. The highest BCUT2D eigenvalue weighted by atomic mass is 16.5. The van der Waals surface area contributed by atoms with E-state index in [0.717, 1.165) is 6.42 Å². The molecule has 0 radical (unpaired) electrons. The van der Waals surface area contributed by atoms with Crippen LogP contribution in [0.3, 0.4) is 0 Å². The topological polar surface area (TPSA) is 73.1 Å². The molecule has 0 amide bonds. The number of nitrogens with one attached hydrogen (secondary N) is 1. The number of nitrogens with zero attached hydrogens (tertiary/aromatic N) is 2. The summed E-state index contributed by atoms with van der Waals surface area (Å²) in [6.07, 6.45) is 6.40. The number of rotatable bonds is 3. The average molecular weight is 250 g/mol. The van der Waals surface area contributed by atoms with E-state index >= 15 is 0 Å². The Labute approximate surface area is 108 Å². The Hall–Kier alpha value is -1.52. The van der Waals surface area contributed by atoms with Crippen molar-refractivity contribution in [3.05, 3.63) is 6.33 Å². The molecular formula is C13H22N4O. The van der Waals surface area contributed by atoms with Crippen molar-refractivity contribution in [1.82, 2.24) is 9.97 Å². The lowest BCUT2D eigenvalue weighted by Gasteiger charge is -2.39. The van der Waals surface area contributed by atoms with E-state index in [1.165, 1.54) is 25.6 Å². The second kappa shape index (κ2) is 5.00. The number of methoxy groups -OCH3 is 1. The molecule has 0 aromatic carbocycles. The van der Waals surface area contributed by atoms with Gasteiger partial charge in [0, 0.05) is 6.04 Å². The van der Waals surface area contributed by atoms with E-state index in [0.29, 0.717) is 23.4 Å². The summed E-state index contributed by atoms with van der Waals surface area (Å²) < 4.78 is 5.27. The van der Waals surface area contributed by atoms with Gasteiger partial charge < -0.3 is 15.8 Å². The van der Waals surface area contributed by atoms with Gasteiger partial charge in [0.25, 0.3) is 0 Å². The van der Waals surface area contributed by atoms with Gasteiger partial charge in [-0.15, -0.1) is 0 Å². The Kier molecular flexibility index (Phi) is 3.59. The van der Waals surface area contributed by atoms with E-state index in [1.807, 2.05) is 0 Å². The molecule has 1 fully saturated rings. The Morgan fingerprint density at radius 1 is 1.39 bits per heavy atom. The average Bonchev–Trinajstić information content (AvgIpc) is 2.32. The zero-order valence-corrected chi connectivity index (χ0v) is 11.4. The fourth-order valence-corrected chi connectivity index (χ4v) is 2.62. The molecule has 1 saturated carbocycles. The molecule has 1 aliphatic rings. The number of aromatic nitrogens is 2. The monoisotopic (exact) mass is 250 g/mol. The predicted molar refractivity (Wildman–Crippen MR) is 72.7 cm³/mol. The van der Waals surface area contributed by atoms with Gasteiger partial charge in [-0.2, -0.15) is 0 Å². The summed E-state index contributed by atoms with van der Waals surface area (Å²) in [7, 11) is 1.59. The van der Waals surface area contributed by atoms with Crippen molar-refractivity contribution in [3.8, 4) is 5.75 Å². The van der Waals surface area contributed by atoms with Crippen LogP contribution in [0, 0.1) is 5.41 Å². The van der Waals surface area contributed by atoms with Crippen molar-refractivity contribution in [2.45, 2.75) is 45.6 Å². The zero-order valence-electron chi connectivity index (χ0n) is 11.4. The molecule has 1 aliphatic carbocycles. The first kappa shape index (κ1) is 12.9. The predicted octanol–water partition coefficient (Wildman–Crippen LogP) is 2.45. The van der Waals surface area contributed by atoms with Crippen LogP contribution in [0.4, 0.5) is 11.6 Å². The van der Waals surface area contributed by atoms with Crippen molar-refractivity contribution in [3.63, 3.8) is 0 Å². The Morgan fingerprint density at radius 3 is 2.83 bits per heavy atom. The van der Waals surface area contributed by atoms with Crippen molar-refractivity contribution < 1.29 is 4.74 Å². The maximum atomic E-state index is 5.79. The van der Waals surface area contributed by atoms with Crippen LogP contribution in [0.2, 0.25) is 0 Å². The Bertz CT molecular complexity index is 419. The maximum Gasteiger partial charge on any atom is 0.203 e. The molecule has 100 valence electrons. The van der Waals surface area contributed by atoms with Gasteiger partial charge in [-0.25, -0.2) is 9.97 Å². The van der Waals surface area contributed by atoms with Crippen LogP contribution in [0.15, 0.2) is 6.33 Å². The number of hydrogen-bond acceptors (Lipinski definition) is 5. The second-order valence-corrected chi connectivity index (χ2v) is 5.57. The minimum Gasteiger partial charge on any atom is -0.490 e. The first-order chi connectivity index (χ1) is 8.54. The first-order valence-electron chi connectivity index (χ1n) is 6.45. The highest BCUT2D eigenvalue weighted by Crippen LogP contribution is 2.38. The number of hydrogen-bond donors (Lipinski definition) is 2. The summed E-state index contributed by atoms with van der Waals surface area (Å²) >= 11 is 0. The summed E-state index contributed by atoms with van der Waals surface area (Å²) in [5.74, 6) is 1.62. The molecular weight excluding hydrogens is 228 g/mol. The minimum atomic E-state index is 0.267. The van der Waals surface area contributed by atoms with Crippen molar-refractivity contribution in [1.29, 1.82) is 0 Å². The second-order valence-electron chi connectivity index (χ2n) is 5.57. The molecule has 1 unspecified atom stereocenters. The number of ether oxygens (including phenoxy) is 1. The standard InChI is InChI=1S/C13H22N4O/c1-13(2)7-5-4-6-9(13)17-12-10(18-3)11(14)15-8-16-12/h8-9H,4-7H2,1-3H3,(H3,14,15,16,17). The van der Waals surface area contributed by atoms with Crippen LogP contribution in [-0.4, -0.2) is 23.1 Å². The van der Waals surface area contributed by atoms with Crippen molar-refractivity contribution >= 4 is 11.6 Å². The van der Waals surface area contributed by atoms with Crippen LogP contribution < -0.4 is 15.8 Å². The van der Waals surface area contributed by atoms with E-state index < -0.39 is 0 Å². The molecule has 2 rings (SSSR count). The molecule has 0 spiro atoms. The van der Waals surface area contributed by atoms with E-state index in [-0.39, 0.29) is 5.41 Å². The van der Waals surface area contributed by atoms with Gasteiger partial charge in [-0.1, -0.05) is 26.7 Å². The Morgan fingerprint density at radius 2 is 2.17 bits per heavy atom. The molecule has 3 N–H and O–H groups in total. The molecule has 5 nitrogen and oxygen atoms in total. The fraction of sp³-hybridized carbons (Fsp3) is 0.692. The third kappa shape index (κ3) is 2.49. The van der Waals surface area contributed by atoms with Crippen molar-refractivity contribution in [2.75, 3.05) is 18.2 Å². The normalized spacial score (nSPS) is 22.5. The van der Waals surface area contributed by atoms with E-state index in [2.05, 4.69) is 29.1 Å². The van der Waals surface area contributed by atoms with Crippen molar-refractivity contribution in [2.24, 2.45) is 5.41 Å². The molecule has 1 aromatic rings. The highest BCUT2D eigenvalue weighted by molar-refractivity contribution is 5.61. The van der Waals surface area contributed by atoms with Crippen LogP contribution in [0.5, 0.6) is 5.75 Å². The van der Waals surface area contributed by atoms with Gasteiger partial charge in [0.1, 0.15) is 6.33 Å². The van der Waals surface area contributed by atoms with E-state index in [1.54, 1.807) is 7.11 Å². The third-order valence-electron chi connectivity index (χ3n) is 3.85. The summed E-state index contributed by atoms with van der Waals surface area (Å²) in [5, 5.41) is 3.48. The van der Waals surface area contributed by atoms with Crippen LogP contribution in [0.25, 0.3) is 0 Å².